The minimum Gasteiger partial charge on any atom is -0.323 e. The molecule has 16 heavy (non-hydrogen) atoms. The van der Waals surface area contributed by atoms with Crippen molar-refractivity contribution < 1.29 is 8.42 Å². The van der Waals surface area contributed by atoms with E-state index in [4.69, 9.17) is 5.73 Å². The normalized spacial score (nSPS) is 23.7. The molecule has 0 bridgehead atoms. The summed E-state index contributed by atoms with van der Waals surface area (Å²) in [5.74, 6) is 0. The summed E-state index contributed by atoms with van der Waals surface area (Å²) in [6, 6.07) is 5.35. The van der Waals surface area contributed by atoms with Crippen LogP contribution < -0.4 is 5.73 Å². The Bertz CT molecular complexity index is 504. The zero-order valence-electron chi connectivity index (χ0n) is 8.68. The van der Waals surface area contributed by atoms with E-state index in [9.17, 15) is 8.42 Å². The van der Waals surface area contributed by atoms with E-state index in [2.05, 4.69) is 15.9 Å². The molecule has 1 aromatic carbocycles. The second-order valence-corrected chi connectivity index (χ2v) is 7.12. The number of hydrogen-bond acceptors (Lipinski definition) is 3. The molecule has 0 aromatic heterocycles. The quantitative estimate of drug-likeness (QED) is 0.856. The Morgan fingerprint density at radius 2 is 2.06 bits per heavy atom. The van der Waals surface area contributed by atoms with Crippen LogP contribution >= 0.6 is 28.3 Å². The van der Waals surface area contributed by atoms with Gasteiger partial charge in [0.05, 0.1) is 5.25 Å². The highest BCUT2D eigenvalue weighted by Crippen LogP contribution is 2.34. The van der Waals surface area contributed by atoms with Crippen molar-refractivity contribution >= 4 is 38.2 Å². The van der Waals surface area contributed by atoms with Crippen LogP contribution in [-0.2, 0) is 16.3 Å². The fraction of sp³-hybridized carbons (Fsp3) is 0.400. The van der Waals surface area contributed by atoms with E-state index in [1.807, 2.05) is 18.2 Å². The number of benzene rings is 1. The van der Waals surface area contributed by atoms with Gasteiger partial charge in [-0.15, -0.1) is 12.4 Å². The van der Waals surface area contributed by atoms with Crippen molar-refractivity contribution in [3.8, 4) is 0 Å². The molecular formula is C10H13BrClNO2S. The van der Waals surface area contributed by atoms with Gasteiger partial charge in [-0.2, -0.15) is 0 Å². The summed E-state index contributed by atoms with van der Waals surface area (Å²) in [6.45, 7) is 0. The molecule has 0 saturated heterocycles. The molecule has 2 atom stereocenters. The van der Waals surface area contributed by atoms with Crippen LogP contribution in [0.2, 0.25) is 0 Å². The number of fused-ring (bicyclic) bond motifs is 1. The molecule has 1 aromatic rings. The first-order chi connectivity index (χ1) is 6.89. The Hall–Kier alpha value is -0.100. The minimum absolute atomic E-state index is 0. The zero-order valence-corrected chi connectivity index (χ0v) is 11.9. The third kappa shape index (κ3) is 2.42. The molecule has 0 saturated carbocycles. The van der Waals surface area contributed by atoms with E-state index in [0.717, 1.165) is 15.6 Å². The van der Waals surface area contributed by atoms with Crippen LogP contribution in [0.15, 0.2) is 22.7 Å². The highest BCUT2D eigenvalue weighted by Gasteiger charge is 2.36. The Labute approximate surface area is 110 Å². The van der Waals surface area contributed by atoms with E-state index < -0.39 is 15.1 Å². The van der Waals surface area contributed by atoms with E-state index in [1.165, 1.54) is 6.26 Å². The summed E-state index contributed by atoms with van der Waals surface area (Å²) >= 11 is 3.36. The van der Waals surface area contributed by atoms with Crippen LogP contribution in [0, 0.1) is 0 Å². The van der Waals surface area contributed by atoms with Gasteiger partial charge in [-0.25, -0.2) is 8.42 Å². The molecule has 1 aliphatic carbocycles. The molecule has 1 aliphatic rings. The Morgan fingerprint density at radius 3 is 2.62 bits per heavy atom. The maximum Gasteiger partial charge on any atom is 0.152 e. The highest BCUT2D eigenvalue weighted by atomic mass is 79.9. The standard InChI is InChI=1S/C10H12BrNO2S.ClH/c1-15(13,14)9-5-6-4-7(11)2-3-8(6)10(9)12;/h2-4,9-10H,5,12H2,1H3;1H. The molecule has 0 amide bonds. The highest BCUT2D eigenvalue weighted by molar-refractivity contribution is 9.10. The van der Waals surface area contributed by atoms with E-state index in [1.54, 1.807) is 0 Å². The average molecular weight is 327 g/mol. The lowest BCUT2D eigenvalue weighted by atomic mass is 10.1. The fourth-order valence-corrected chi connectivity index (χ4v) is 3.61. The third-order valence-electron chi connectivity index (χ3n) is 2.84. The molecule has 0 spiro atoms. The van der Waals surface area contributed by atoms with Crippen LogP contribution in [0.4, 0.5) is 0 Å². The first-order valence-electron chi connectivity index (χ1n) is 4.62. The molecule has 0 radical (unpaired) electrons. The maximum atomic E-state index is 11.5. The van der Waals surface area contributed by atoms with Gasteiger partial charge in [0.1, 0.15) is 0 Å². The van der Waals surface area contributed by atoms with Crippen LogP contribution in [0.1, 0.15) is 17.2 Å². The number of rotatable bonds is 1. The molecule has 2 rings (SSSR count). The molecule has 0 heterocycles. The van der Waals surface area contributed by atoms with E-state index in [0.29, 0.717) is 6.42 Å². The largest absolute Gasteiger partial charge is 0.323 e. The van der Waals surface area contributed by atoms with Crippen LogP contribution in [-0.4, -0.2) is 19.9 Å². The average Bonchev–Trinajstić information content (AvgIpc) is 2.42. The molecule has 0 aliphatic heterocycles. The minimum atomic E-state index is -3.07. The van der Waals surface area contributed by atoms with Crippen molar-refractivity contribution in [1.29, 1.82) is 0 Å². The lowest BCUT2D eigenvalue weighted by molar-refractivity contribution is 0.571. The molecule has 2 N–H and O–H groups in total. The number of nitrogens with two attached hydrogens (primary N) is 1. The van der Waals surface area contributed by atoms with Crippen LogP contribution in [0.3, 0.4) is 0 Å². The summed E-state index contributed by atoms with van der Waals surface area (Å²) in [5.41, 5.74) is 7.92. The molecule has 90 valence electrons. The van der Waals surface area contributed by atoms with Crippen molar-refractivity contribution in [2.45, 2.75) is 17.7 Å². The molecule has 0 fully saturated rings. The van der Waals surface area contributed by atoms with E-state index in [-0.39, 0.29) is 18.4 Å². The summed E-state index contributed by atoms with van der Waals surface area (Å²) in [5, 5.41) is -0.471. The van der Waals surface area contributed by atoms with E-state index >= 15 is 0 Å². The van der Waals surface area contributed by atoms with Crippen molar-refractivity contribution in [1.82, 2.24) is 0 Å². The zero-order chi connectivity index (χ0) is 11.2. The first-order valence-corrected chi connectivity index (χ1v) is 7.37. The predicted octanol–water partition coefficient (Wildman–Crippen LogP) is 1.84. The van der Waals surface area contributed by atoms with Crippen LogP contribution in [0.25, 0.3) is 0 Å². The number of halogens is 2. The monoisotopic (exact) mass is 325 g/mol. The summed E-state index contributed by atoms with van der Waals surface area (Å²) in [7, 11) is -3.07. The Morgan fingerprint density at radius 1 is 1.44 bits per heavy atom. The predicted molar refractivity (Wildman–Crippen MR) is 70.7 cm³/mol. The van der Waals surface area contributed by atoms with Crippen LogP contribution in [0.5, 0.6) is 0 Å². The number of hydrogen-bond donors (Lipinski definition) is 1. The lowest BCUT2D eigenvalue weighted by Gasteiger charge is -2.13. The van der Waals surface area contributed by atoms with Crippen molar-refractivity contribution in [3.63, 3.8) is 0 Å². The first kappa shape index (κ1) is 14.0. The van der Waals surface area contributed by atoms with Gasteiger partial charge in [0.15, 0.2) is 9.84 Å². The second-order valence-electron chi connectivity index (χ2n) is 3.94. The topological polar surface area (TPSA) is 60.2 Å². The van der Waals surface area contributed by atoms with Gasteiger partial charge in [-0.3, -0.25) is 0 Å². The molecule has 6 heteroatoms. The summed E-state index contributed by atoms with van der Waals surface area (Å²) in [4.78, 5) is 0. The smallest absolute Gasteiger partial charge is 0.152 e. The van der Waals surface area contributed by atoms with Gasteiger partial charge in [-0.05, 0) is 29.7 Å². The second kappa shape index (κ2) is 4.64. The maximum absolute atomic E-state index is 11.5. The summed E-state index contributed by atoms with van der Waals surface area (Å²) in [6.07, 6.45) is 1.77. The third-order valence-corrected chi connectivity index (χ3v) is 4.89. The van der Waals surface area contributed by atoms with Crippen molar-refractivity contribution in [2.24, 2.45) is 5.73 Å². The van der Waals surface area contributed by atoms with Gasteiger partial charge in [0.2, 0.25) is 0 Å². The molecular weight excluding hydrogens is 314 g/mol. The molecule has 2 unspecified atom stereocenters. The fourth-order valence-electron chi connectivity index (χ4n) is 2.04. The van der Waals surface area contributed by atoms with Gasteiger partial charge in [0.25, 0.3) is 0 Å². The van der Waals surface area contributed by atoms with Gasteiger partial charge >= 0.3 is 0 Å². The SMILES string of the molecule is CS(=O)(=O)C1Cc2cc(Br)ccc2C1N.Cl. The lowest BCUT2D eigenvalue weighted by Crippen LogP contribution is -2.29. The van der Waals surface area contributed by atoms with Gasteiger partial charge < -0.3 is 5.73 Å². The van der Waals surface area contributed by atoms with Gasteiger partial charge in [0, 0.05) is 16.8 Å². The number of sulfone groups is 1. The van der Waals surface area contributed by atoms with Crippen molar-refractivity contribution in [2.75, 3.05) is 6.26 Å². The van der Waals surface area contributed by atoms with Gasteiger partial charge in [-0.1, -0.05) is 22.0 Å². The Kier molecular flexibility index (Phi) is 4.05. The summed E-state index contributed by atoms with van der Waals surface area (Å²) < 4.78 is 24.0. The Balaban J connectivity index is 0.00000128. The molecule has 3 nitrogen and oxygen atoms in total. The van der Waals surface area contributed by atoms with Crippen molar-refractivity contribution in [3.05, 3.63) is 33.8 Å².